The first kappa shape index (κ1) is 17.8. The van der Waals surface area contributed by atoms with E-state index in [1.807, 2.05) is 23.2 Å². The van der Waals surface area contributed by atoms with E-state index >= 15 is 0 Å². The van der Waals surface area contributed by atoms with Crippen molar-refractivity contribution in [1.29, 1.82) is 0 Å². The molecule has 0 N–H and O–H groups in total. The number of piperazine rings is 1. The molecule has 3 heterocycles. The minimum atomic E-state index is -0.230. The first-order valence-electron chi connectivity index (χ1n) is 9.71. The number of anilines is 2. The van der Waals surface area contributed by atoms with E-state index in [0.29, 0.717) is 18.8 Å². The summed E-state index contributed by atoms with van der Waals surface area (Å²) in [4.78, 5) is 23.6. The molecule has 1 aromatic heterocycles. The number of nitrogens with zero attached hydrogens (tertiary/aromatic N) is 4. The summed E-state index contributed by atoms with van der Waals surface area (Å²) in [5.41, 5.74) is 2.60. The first-order chi connectivity index (χ1) is 13.2. The summed E-state index contributed by atoms with van der Waals surface area (Å²) < 4.78 is 13.1. The number of benzene rings is 1. The average molecular weight is 368 g/mol. The van der Waals surface area contributed by atoms with E-state index in [1.54, 1.807) is 12.1 Å². The van der Waals surface area contributed by atoms with Crippen LogP contribution < -0.4 is 9.80 Å². The Labute approximate surface area is 159 Å². The van der Waals surface area contributed by atoms with Gasteiger partial charge in [0.15, 0.2) is 0 Å². The summed E-state index contributed by atoms with van der Waals surface area (Å²) in [6, 6.07) is 10.4. The minimum Gasteiger partial charge on any atom is -0.370 e. The van der Waals surface area contributed by atoms with Gasteiger partial charge < -0.3 is 14.7 Å². The van der Waals surface area contributed by atoms with Crippen molar-refractivity contribution in [1.82, 2.24) is 9.88 Å². The topological polar surface area (TPSA) is 39.7 Å². The van der Waals surface area contributed by atoms with Crippen LogP contribution in [0, 0.1) is 5.82 Å². The predicted molar refractivity (Wildman–Crippen MR) is 105 cm³/mol. The van der Waals surface area contributed by atoms with Gasteiger partial charge in [0.05, 0.1) is 11.9 Å². The van der Waals surface area contributed by atoms with Gasteiger partial charge in [-0.15, -0.1) is 0 Å². The summed E-state index contributed by atoms with van der Waals surface area (Å²) in [5, 5.41) is 0. The number of hydrogen-bond donors (Lipinski definition) is 0. The van der Waals surface area contributed by atoms with Gasteiger partial charge >= 0.3 is 0 Å². The van der Waals surface area contributed by atoms with Gasteiger partial charge in [-0.05, 0) is 55.7 Å². The van der Waals surface area contributed by atoms with E-state index in [9.17, 15) is 9.18 Å². The van der Waals surface area contributed by atoms with E-state index in [2.05, 4.69) is 14.8 Å². The number of carbonyl (C=O) groups excluding carboxylic acids is 1. The molecule has 27 heavy (non-hydrogen) atoms. The van der Waals surface area contributed by atoms with Crippen LogP contribution in [0.25, 0.3) is 0 Å². The van der Waals surface area contributed by atoms with Crippen molar-refractivity contribution in [3.8, 4) is 0 Å². The third-order valence-corrected chi connectivity index (χ3v) is 5.45. The van der Waals surface area contributed by atoms with E-state index in [1.165, 1.54) is 31.4 Å². The third-order valence-electron chi connectivity index (χ3n) is 5.45. The highest BCUT2D eigenvalue weighted by molar-refractivity contribution is 5.92. The molecule has 0 bridgehead atoms. The second-order valence-electron chi connectivity index (χ2n) is 7.21. The van der Waals surface area contributed by atoms with Crippen LogP contribution in [-0.4, -0.2) is 55.1 Å². The third kappa shape index (κ3) is 4.04. The fourth-order valence-corrected chi connectivity index (χ4v) is 3.83. The summed E-state index contributed by atoms with van der Waals surface area (Å²) in [6.45, 7) is 4.91. The SMILES string of the molecule is O=C(c1ccc(N2CCCCC2)cn1)N1CCN(c2ccc(F)cc2)CC1. The highest BCUT2D eigenvalue weighted by Gasteiger charge is 2.23. The van der Waals surface area contributed by atoms with Crippen molar-refractivity contribution in [2.45, 2.75) is 19.3 Å². The molecule has 1 aromatic carbocycles. The number of hydrogen-bond acceptors (Lipinski definition) is 4. The molecule has 2 aliphatic heterocycles. The van der Waals surface area contributed by atoms with Gasteiger partial charge in [-0.2, -0.15) is 0 Å². The van der Waals surface area contributed by atoms with Gasteiger partial charge in [-0.3, -0.25) is 4.79 Å². The molecule has 4 rings (SSSR count). The van der Waals surface area contributed by atoms with E-state index in [4.69, 9.17) is 0 Å². The quantitative estimate of drug-likeness (QED) is 0.834. The number of rotatable bonds is 3. The van der Waals surface area contributed by atoms with E-state index in [0.717, 1.165) is 37.6 Å². The van der Waals surface area contributed by atoms with Gasteiger partial charge in [-0.25, -0.2) is 9.37 Å². The second-order valence-corrected chi connectivity index (χ2v) is 7.21. The Kier molecular flexibility index (Phi) is 5.23. The molecule has 2 aromatic rings. The Bertz CT molecular complexity index is 764. The zero-order valence-electron chi connectivity index (χ0n) is 15.5. The largest absolute Gasteiger partial charge is 0.370 e. The Morgan fingerprint density at radius 1 is 0.778 bits per heavy atom. The molecule has 142 valence electrons. The summed E-state index contributed by atoms with van der Waals surface area (Å²) in [5.74, 6) is -0.245. The molecule has 6 heteroatoms. The number of aromatic nitrogens is 1. The van der Waals surface area contributed by atoms with Crippen LogP contribution in [0.4, 0.5) is 15.8 Å². The summed E-state index contributed by atoms with van der Waals surface area (Å²) in [6.07, 6.45) is 5.57. The molecule has 0 saturated carbocycles. The molecule has 2 fully saturated rings. The lowest BCUT2D eigenvalue weighted by atomic mass is 10.1. The van der Waals surface area contributed by atoms with E-state index in [-0.39, 0.29) is 11.7 Å². The number of piperidine rings is 1. The van der Waals surface area contributed by atoms with Gasteiger partial charge in [-0.1, -0.05) is 0 Å². The monoisotopic (exact) mass is 368 g/mol. The fraction of sp³-hybridized carbons (Fsp3) is 0.429. The van der Waals surface area contributed by atoms with Gasteiger partial charge in [0.25, 0.3) is 5.91 Å². The molecule has 0 atom stereocenters. The predicted octanol–water partition coefficient (Wildman–Crippen LogP) is 3.17. The van der Waals surface area contributed by atoms with Crippen molar-refractivity contribution in [2.24, 2.45) is 0 Å². The number of halogens is 1. The lowest BCUT2D eigenvalue weighted by Gasteiger charge is -2.36. The molecule has 0 unspecified atom stereocenters. The van der Waals surface area contributed by atoms with Crippen molar-refractivity contribution in [3.63, 3.8) is 0 Å². The molecular formula is C21H25FN4O. The van der Waals surface area contributed by atoms with Crippen molar-refractivity contribution < 1.29 is 9.18 Å². The van der Waals surface area contributed by atoms with Gasteiger partial charge in [0.1, 0.15) is 11.5 Å². The zero-order valence-corrected chi connectivity index (χ0v) is 15.5. The molecular weight excluding hydrogens is 343 g/mol. The maximum absolute atomic E-state index is 13.1. The van der Waals surface area contributed by atoms with Crippen LogP contribution in [0.3, 0.4) is 0 Å². The average Bonchev–Trinajstić information content (AvgIpc) is 2.75. The van der Waals surface area contributed by atoms with Crippen LogP contribution in [0.5, 0.6) is 0 Å². The molecule has 0 spiro atoms. The van der Waals surface area contributed by atoms with Crippen LogP contribution in [0.1, 0.15) is 29.8 Å². The van der Waals surface area contributed by atoms with Crippen LogP contribution in [0.2, 0.25) is 0 Å². The maximum atomic E-state index is 13.1. The Morgan fingerprint density at radius 3 is 2.04 bits per heavy atom. The Morgan fingerprint density at radius 2 is 1.41 bits per heavy atom. The molecule has 2 aliphatic rings. The maximum Gasteiger partial charge on any atom is 0.272 e. The highest BCUT2D eigenvalue weighted by atomic mass is 19.1. The molecule has 0 aliphatic carbocycles. The van der Waals surface area contributed by atoms with Crippen molar-refractivity contribution in [3.05, 3.63) is 54.1 Å². The Hall–Kier alpha value is -2.63. The van der Waals surface area contributed by atoms with Crippen LogP contribution >= 0.6 is 0 Å². The number of amides is 1. The lowest BCUT2D eigenvalue weighted by Crippen LogP contribution is -2.49. The smallest absolute Gasteiger partial charge is 0.272 e. The molecule has 0 radical (unpaired) electrons. The molecule has 5 nitrogen and oxygen atoms in total. The highest BCUT2D eigenvalue weighted by Crippen LogP contribution is 2.20. The standard InChI is InChI=1S/C21H25FN4O/c22-17-4-6-18(7-5-17)25-12-14-26(15-13-25)21(27)20-9-8-19(16-23-20)24-10-2-1-3-11-24/h4-9,16H,1-3,10-15H2. The van der Waals surface area contributed by atoms with Crippen LogP contribution in [0.15, 0.2) is 42.6 Å². The first-order valence-corrected chi connectivity index (χ1v) is 9.71. The van der Waals surface area contributed by atoms with Crippen molar-refractivity contribution >= 4 is 17.3 Å². The molecule has 2 saturated heterocycles. The second kappa shape index (κ2) is 7.94. The van der Waals surface area contributed by atoms with Crippen LogP contribution in [-0.2, 0) is 0 Å². The zero-order chi connectivity index (χ0) is 18.6. The van der Waals surface area contributed by atoms with Gasteiger partial charge in [0.2, 0.25) is 0 Å². The number of pyridine rings is 1. The van der Waals surface area contributed by atoms with Gasteiger partial charge in [0, 0.05) is 45.0 Å². The summed E-state index contributed by atoms with van der Waals surface area (Å²) >= 11 is 0. The lowest BCUT2D eigenvalue weighted by molar-refractivity contribution is 0.0741. The van der Waals surface area contributed by atoms with E-state index < -0.39 is 0 Å². The summed E-state index contributed by atoms with van der Waals surface area (Å²) in [7, 11) is 0. The fourth-order valence-electron chi connectivity index (χ4n) is 3.83. The minimum absolute atomic E-state index is 0.0149. The molecule has 1 amide bonds. The normalized spacial score (nSPS) is 17.9. The van der Waals surface area contributed by atoms with Crippen molar-refractivity contribution in [2.75, 3.05) is 49.1 Å². The number of carbonyl (C=O) groups is 1. The Balaban J connectivity index is 1.35.